The highest BCUT2D eigenvalue weighted by molar-refractivity contribution is 7.98. The van der Waals surface area contributed by atoms with Crippen LogP contribution >= 0.6 is 0 Å². The van der Waals surface area contributed by atoms with Gasteiger partial charge in [-0.05, 0) is 13.3 Å². The summed E-state index contributed by atoms with van der Waals surface area (Å²) in [4.78, 5) is 21.9. The van der Waals surface area contributed by atoms with Crippen LogP contribution < -0.4 is 0 Å². The highest BCUT2D eigenvalue weighted by Gasteiger charge is 2.51. The van der Waals surface area contributed by atoms with Crippen molar-refractivity contribution in [3.8, 4) is 0 Å². The summed E-state index contributed by atoms with van der Waals surface area (Å²) in [6, 6.07) is 0. The summed E-state index contributed by atoms with van der Waals surface area (Å²) in [6.45, 7) is 3.68. The minimum atomic E-state index is -3.84. The number of ketones is 1. The van der Waals surface area contributed by atoms with Crippen LogP contribution in [-0.2, 0) is 19.4 Å². The third kappa shape index (κ3) is 4.15. The SMILES string of the molecule is CCCCCCCCC1(C)CC(=O)/C(=C/C(=O)O)S1(=O)=O. The molecule has 5 nitrogen and oxygen atoms in total. The maximum atomic E-state index is 12.4. The number of allylic oxidation sites excluding steroid dienone is 1. The van der Waals surface area contributed by atoms with Crippen molar-refractivity contribution in [2.45, 2.75) is 70.0 Å². The molecule has 0 aliphatic carbocycles. The molecule has 21 heavy (non-hydrogen) atoms. The lowest BCUT2D eigenvalue weighted by Gasteiger charge is -2.21. The third-order valence-corrected chi connectivity index (χ3v) is 6.63. The van der Waals surface area contributed by atoms with Gasteiger partial charge in [0.1, 0.15) is 4.91 Å². The predicted octanol–water partition coefficient (Wildman–Crippen LogP) is 2.85. The number of sulfone groups is 1. The van der Waals surface area contributed by atoms with Gasteiger partial charge in [-0.3, -0.25) is 4.79 Å². The van der Waals surface area contributed by atoms with Gasteiger partial charge in [-0.1, -0.05) is 45.4 Å². The molecule has 0 aromatic heterocycles. The van der Waals surface area contributed by atoms with E-state index in [0.717, 1.165) is 32.1 Å². The second kappa shape index (κ2) is 7.20. The quantitative estimate of drug-likeness (QED) is 0.549. The van der Waals surface area contributed by atoms with Crippen LogP contribution in [0.15, 0.2) is 11.0 Å². The van der Waals surface area contributed by atoms with Gasteiger partial charge in [0.15, 0.2) is 15.6 Å². The Morgan fingerprint density at radius 2 is 1.81 bits per heavy atom. The van der Waals surface area contributed by atoms with E-state index >= 15 is 0 Å². The van der Waals surface area contributed by atoms with Crippen molar-refractivity contribution < 1.29 is 23.1 Å². The van der Waals surface area contributed by atoms with Gasteiger partial charge in [0, 0.05) is 12.5 Å². The van der Waals surface area contributed by atoms with Gasteiger partial charge in [-0.2, -0.15) is 0 Å². The number of carbonyl (C=O) groups is 2. The summed E-state index contributed by atoms with van der Waals surface area (Å²) in [6.07, 6.45) is 7.06. The number of carboxylic acids is 1. The molecule has 0 aromatic carbocycles. The van der Waals surface area contributed by atoms with Gasteiger partial charge in [-0.15, -0.1) is 0 Å². The molecule has 0 bridgehead atoms. The smallest absolute Gasteiger partial charge is 0.329 e. The fraction of sp³-hybridized carbons (Fsp3) is 0.733. The van der Waals surface area contributed by atoms with Gasteiger partial charge in [0.2, 0.25) is 0 Å². The summed E-state index contributed by atoms with van der Waals surface area (Å²) >= 11 is 0. The van der Waals surface area contributed by atoms with Crippen molar-refractivity contribution in [2.75, 3.05) is 0 Å². The monoisotopic (exact) mass is 316 g/mol. The van der Waals surface area contributed by atoms with E-state index in [4.69, 9.17) is 5.11 Å². The maximum absolute atomic E-state index is 12.4. The molecule has 6 heteroatoms. The van der Waals surface area contributed by atoms with Crippen LogP contribution in [0.5, 0.6) is 0 Å². The average molecular weight is 316 g/mol. The number of hydrogen-bond acceptors (Lipinski definition) is 4. The fourth-order valence-corrected chi connectivity index (χ4v) is 4.60. The van der Waals surface area contributed by atoms with Gasteiger partial charge < -0.3 is 5.11 Å². The zero-order valence-electron chi connectivity index (χ0n) is 12.7. The van der Waals surface area contributed by atoms with E-state index in [-0.39, 0.29) is 6.42 Å². The lowest BCUT2D eigenvalue weighted by atomic mass is 9.96. The molecule has 0 saturated carbocycles. The molecule has 0 amide bonds. The van der Waals surface area contributed by atoms with Crippen molar-refractivity contribution in [2.24, 2.45) is 0 Å². The van der Waals surface area contributed by atoms with E-state index in [9.17, 15) is 18.0 Å². The van der Waals surface area contributed by atoms with E-state index in [0.29, 0.717) is 12.5 Å². The number of Topliss-reactive ketones (excluding diaryl/α,β-unsaturated/α-hetero) is 1. The van der Waals surface area contributed by atoms with Crippen molar-refractivity contribution >= 4 is 21.6 Å². The van der Waals surface area contributed by atoms with E-state index in [1.54, 1.807) is 6.92 Å². The number of rotatable bonds is 8. The Morgan fingerprint density at radius 1 is 1.24 bits per heavy atom. The van der Waals surface area contributed by atoms with Crippen LogP contribution in [0.4, 0.5) is 0 Å². The molecule has 0 aromatic rings. The Morgan fingerprint density at radius 3 is 2.38 bits per heavy atom. The molecule has 120 valence electrons. The Labute approximate surface area is 126 Å². The van der Waals surface area contributed by atoms with Crippen LogP contribution in [0.2, 0.25) is 0 Å². The first-order chi connectivity index (χ1) is 9.74. The van der Waals surface area contributed by atoms with Gasteiger partial charge in [0.05, 0.1) is 4.75 Å². The fourth-order valence-electron chi connectivity index (χ4n) is 2.71. The number of carboxylic acid groups (broad SMARTS) is 1. The molecule has 0 radical (unpaired) electrons. The number of unbranched alkanes of at least 4 members (excludes halogenated alkanes) is 5. The first-order valence-corrected chi connectivity index (χ1v) is 8.95. The highest BCUT2D eigenvalue weighted by atomic mass is 32.2. The molecule has 0 spiro atoms. The van der Waals surface area contributed by atoms with Gasteiger partial charge >= 0.3 is 5.97 Å². The summed E-state index contributed by atoms with van der Waals surface area (Å²) < 4.78 is 23.6. The second-order valence-corrected chi connectivity index (χ2v) is 8.35. The lowest BCUT2D eigenvalue weighted by molar-refractivity contribution is -0.131. The molecule has 1 unspecified atom stereocenters. The molecule has 1 atom stereocenters. The first-order valence-electron chi connectivity index (χ1n) is 7.47. The van der Waals surface area contributed by atoms with Crippen LogP contribution in [-0.4, -0.2) is 30.0 Å². The number of aliphatic carboxylic acids is 1. The molecular formula is C15H24O5S. The Balaban J connectivity index is 2.70. The summed E-state index contributed by atoms with van der Waals surface area (Å²) in [5.41, 5.74) is 0. The summed E-state index contributed by atoms with van der Waals surface area (Å²) in [5, 5.41) is 8.70. The molecule has 1 heterocycles. The van der Waals surface area contributed by atoms with Gasteiger partial charge in [0.25, 0.3) is 0 Å². The zero-order chi connectivity index (χ0) is 16.1. The highest BCUT2D eigenvalue weighted by Crippen LogP contribution is 2.41. The van der Waals surface area contributed by atoms with Crippen molar-refractivity contribution in [1.29, 1.82) is 0 Å². The molecule has 1 saturated heterocycles. The molecule has 1 aliphatic rings. The topological polar surface area (TPSA) is 88.5 Å². The Hall–Kier alpha value is -1.17. The van der Waals surface area contributed by atoms with Crippen LogP contribution in [0.25, 0.3) is 0 Å². The minimum Gasteiger partial charge on any atom is -0.478 e. The van der Waals surface area contributed by atoms with E-state index < -0.39 is 31.2 Å². The molecule has 1 fully saturated rings. The van der Waals surface area contributed by atoms with Crippen molar-refractivity contribution in [1.82, 2.24) is 0 Å². The normalized spacial score (nSPS) is 26.4. The van der Waals surface area contributed by atoms with Crippen LogP contribution in [0.3, 0.4) is 0 Å². The second-order valence-electron chi connectivity index (χ2n) is 5.92. The zero-order valence-corrected chi connectivity index (χ0v) is 13.5. The van der Waals surface area contributed by atoms with Crippen LogP contribution in [0, 0.1) is 0 Å². The molecular weight excluding hydrogens is 292 g/mol. The Bertz CT molecular complexity index is 532. The van der Waals surface area contributed by atoms with E-state index in [2.05, 4.69) is 6.92 Å². The van der Waals surface area contributed by atoms with Crippen molar-refractivity contribution in [3.05, 3.63) is 11.0 Å². The van der Waals surface area contributed by atoms with E-state index in [1.165, 1.54) is 6.42 Å². The first kappa shape index (κ1) is 17.9. The predicted molar refractivity (Wildman–Crippen MR) is 80.7 cm³/mol. The Kier molecular flexibility index (Phi) is 6.13. The summed E-state index contributed by atoms with van der Waals surface area (Å²) in [5.74, 6) is -1.98. The number of hydrogen-bond donors (Lipinski definition) is 1. The molecule has 1 N–H and O–H groups in total. The average Bonchev–Trinajstić information content (AvgIpc) is 2.54. The van der Waals surface area contributed by atoms with Crippen LogP contribution in [0.1, 0.15) is 65.2 Å². The lowest BCUT2D eigenvalue weighted by Crippen LogP contribution is -2.30. The molecule has 1 aliphatic heterocycles. The van der Waals surface area contributed by atoms with Crippen molar-refractivity contribution in [3.63, 3.8) is 0 Å². The van der Waals surface area contributed by atoms with E-state index in [1.807, 2.05) is 0 Å². The largest absolute Gasteiger partial charge is 0.478 e. The standard InChI is InChI=1S/C15H24O5S/c1-3-4-5-6-7-8-9-15(2)11-12(16)13(10-14(17)18)21(15,19)20/h10H,3-9,11H2,1-2H3,(H,17,18)/b13-10-. The minimum absolute atomic E-state index is 0.108. The van der Waals surface area contributed by atoms with Gasteiger partial charge in [-0.25, -0.2) is 13.2 Å². The number of carbonyl (C=O) groups excluding carboxylic acids is 1. The summed E-state index contributed by atoms with van der Waals surface area (Å²) in [7, 11) is -3.84. The molecule has 1 rings (SSSR count). The maximum Gasteiger partial charge on any atom is 0.329 e. The third-order valence-electron chi connectivity index (χ3n) is 4.06.